The fourth-order valence-corrected chi connectivity index (χ4v) is 4.56. The summed E-state index contributed by atoms with van der Waals surface area (Å²) in [5.74, 6) is 1.79. The Hall–Kier alpha value is -3.62. The molecule has 4 rings (SSSR count). The van der Waals surface area contributed by atoms with Gasteiger partial charge in [0.2, 0.25) is 5.91 Å². The molecule has 8 nitrogen and oxygen atoms in total. The molecule has 0 atom stereocenters. The van der Waals surface area contributed by atoms with Gasteiger partial charge in [-0.15, -0.1) is 0 Å². The largest absolute Gasteiger partial charge is 0.497 e. The van der Waals surface area contributed by atoms with E-state index in [1.54, 1.807) is 41.2 Å². The summed E-state index contributed by atoms with van der Waals surface area (Å²) in [7, 11) is 1.57. The number of hydrogen-bond donors (Lipinski definition) is 0. The van der Waals surface area contributed by atoms with Crippen LogP contribution in [0.1, 0.15) is 33.9 Å². The predicted molar refractivity (Wildman–Crippen MR) is 145 cm³/mol. The van der Waals surface area contributed by atoms with Crippen LogP contribution in [-0.2, 0) is 22.6 Å². The van der Waals surface area contributed by atoms with E-state index in [4.69, 9.17) is 13.9 Å². The molecule has 1 saturated heterocycles. The number of amides is 2. The van der Waals surface area contributed by atoms with Crippen LogP contribution >= 0.6 is 0 Å². The number of morpholine rings is 1. The van der Waals surface area contributed by atoms with Crippen molar-refractivity contribution < 1.29 is 23.5 Å². The van der Waals surface area contributed by atoms with Gasteiger partial charge in [-0.05, 0) is 49.2 Å². The lowest BCUT2D eigenvalue weighted by Crippen LogP contribution is -2.44. The van der Waals surface area contributed by atoms with Gasteiger partial charge in [-0.2, -0.15) is 0 Å². The Kier molecular flexibility index (Phi) is 9.95. The second-order valence-electron chi connectivity index (χ2n) is 9.51. The standard InChI is InChI=1S/C30H37N3O5/c1-24-12-13-28(38-24)22-33(21-25-8-4-3-5-9-25)29(34)23-32(15-7-14-31-16-18-37-19-17-31)30(35)26-10-6-11-27(20-26)36-2/h3-6,8-13,20H,7,14-19,21-23H2,1-2H3. The number of aryl methyl sites for hydroxylation is 1. The molecule has 2 aromatic carbocycles. The summed E-state index contributed by atoms with van der Waals surface area (Å²) in [5.41, 5.74) is 1.52. The summed E-state index contributed by atoms with van der Waals surface area (Å²) >= 11 is 0. The number of carbonyl (C=O) groups excluding carboxylic acids is 2. The number of carbonyl (C=O) groups is 2. The van der Waals surface area contributed by atoms with Crippen molar-refractivity contribution in [2.75, 3.05) is 53.0 Å². The molecule has 3 aromatic rings. The Balaban J connectivity index is 1.51. The average molecular weight is 520 g/mol. The Morgan fingerprint density at radius 1 is 0.947 bits per heavy atom. The smallest absolute Gasteiger partial charge is 0.254 e. The van der Waals surface area contributed by atoms with Crippen LogP contribution in [-0.4, -0.2) is 79.6 Å². The summed E-state index contributed by atoms with van der Waals surface area (Å²) < 4.78 is 16.5. The Labute approximate surface area is 224 Å². The first kappa shape index (κ1) is 27.4. The lowest BCUT2D eigenvalue weighted by Gasteiger charge is -2.30. The van der Waals surface area contributed by atoms with Gasteiger partial charge in [-0.1, -0.05) is 36.4 Å². The van der Waals surface area contributed by atoms with Gasteiger partial charge in [0.05, 0.1) is 26.9 Å². The molecule has 0 radical (unpaired) electrons. The quantitative estimate of drug-likeness (QED) is 0.360. The van der Waals surface area contributed by atoms with Crippen LogP contribution in [0.2, 0.25) is 0 Å². The van der Waals surface area contributed by atoms with Gasteiger partial charge in [0.15, 0.2) is 0 Å². The van der Waals surface area contributed by atoms with Gasteiger partial charge in [0.1, 0.15) is 23.8 Å². The molecule has 0 saturated carbocycles. The van der Waals surface area contributed by atoms with E-state index < -0.39 is 0 Å². The van der Waals surface area contributed by atoms with Gasteiger partial charge in [0, 0.05) is 38.3 Å². The molecule has 38 heavy (non-hydrogen) atoms. The second kappa shape index (κ2) is 13.8. The van der Waals surface area contributed by atoms with E-state index in [0.717, 1.165) is 50.6 Å². The monoisotopic (exact) mass is 519 g/mol. The highest BCUT2D eigenvalue weighted by atomic mass is 16.5. The van der Waals surface area contributed by atoms with Crippen LogP contribution in [0.15, 0.2) is 71.1 Å². The molecule has 202 valence electrons. The number of rotatable bonds is 12. The molecule has 1 aliphatic heterocycles. The van der Waals surface area contributed by atoms with Gasteiger partial charge < -0.3 is 23.7 Å². The van der Waals surface area contributed by atoms with Crippen molar-refractivity contribution in [3.05, 3.63) is 89.4 Å². The molecule has 0 spiro atoms. The number of benzene rings is 2. The van der Waals surface area contributed by atoms with E-state index in [0.29, 0.717) is 36.7 Å². The number of hydrogen-bond acceptors (Lipinski definition) is 6. The molecule has 2 amide bonds. The second-order valence-corrected chi connectivity index (χ2v) is 9.51. The minimum atomic E-state index is -0.187. The van der Waals surface area contributed by atoms with Crippen LogP contribution in [0.25, 0.3) is 0 Å². The van der Waals surface area contributed by atoms with Crippen molar-refractivity contribution >= 4 is 11.8 Å². The minimum absolute atomic E-state index is 0.0221. The third-order valence-electron chi connectivity index (χ3n) is 6.65. The number of nitrogens with zero attached hydrogens (tertiary/aromatic N) is 3. The zero-order valence-corrected chi connectivity index (χ0v) is 22.3. The fraction of sp³-hybridized carbons (Fsp3) is 0.400. The molecule has 2 heterocycles. The van der Waals surface area contributed by atoms with Gasteiger partial charge >= 0.3 is 0 Å². The van der Waals surface area contributed by atoms with Gasteiger partial charge in [0.25, 0.3) is 5.91 Å². The molecule has 1 fully saturated rings. The SMILES string of the molecule is COc1cccc(C(=O)N(CCCN2CCOCC2)CC(=O)N(Cc2ccccc2)Cc2ccc(C)o2)c1. The molecule has 1 aliphatic rings. The summed E-state index contributed by atoms with van der Waals surface area (Å²) in [4.78, 5) is 33.1. The summed E-state index contributed by atoms with van der Waals surface area (Å²) in [6, 6.07) is 20.7. The van der Waals surface area contributed by atoms with Gasteiger partial charge in [-0.3, -0.25) is 14.5 Å². The molecule has 0 bridgehead atoms. The summed E-state index contributed by atoms with van der Waals surface area (Å²) in [5, 5.41) is 0. The molecule has 8 heteroatoms. The van der Waals surface area contributed by atoms with Crippen LogP contribution in [0.3, 0.4) is 0 Å². The van der Waals surface area contributed by atoms with Crippen LogP contribution < -0.4 is 4.74 Å². The normalized spacial score (nSPS) is 13.7. The highest BCUT2D eigenvalue weighted by molar-refractivity contribution is 5.96. The summed E-state index contributed by atoms with van der Waals surface area (Å²) in [6.07, 6.45) is 0.763. The third-order valence-corrected chi connectivity index (χ3v) is 6.65. The van der Waals surface area contributed by atoms with E-state index >= 15 is 0 Å². The van der Waals surface area contributed by atoms with Crippen molar-refractivity contribution in [3.8, 4) is 5.75 Å². The molecular weight excluding hydrogens is 482 g/mol. The molecule has 0 unspecified atom stereocenters. The van der Waals surface area contributed by atoms with Crippen molar-refractivity contribution in [1.82, 2.24) is 14.7 Å². The number of methoxy groups -OCH3 is 1. The highest BCUT2D eigenvalue weighted by Gasteiger charge is 2.24. The molecule has 0 N–H and O–H groups in total. The Bertz CT molecular complexity index is 1170. The molecular formula is C30H37N3O5. The Morgan fingerprint density at radius 3 is 2.45 bits per heavy atom. The van der Waals surface area contributed by atoms with Crippen molar-refractivity contribution in [1.29, 1.82) is 0 Å². The lowest BCUT2D eigenvalue weighted by molar-refractivity contribution is -0.133. The highest BCUT2D eigenvalue weighted by Crippen LogP contribution is 2.17. The minimum Gasteiger partial charge on any atom is -0.497 e. The van der Waals surface area contributed by atoms with E-state index in [-0.39, 0.29) is 18.4 Å². The predicted octanol–water partition coefficient (Wildman–Crippen LogP) is 3.99. The first-order valence-electron chi connectivity index (χ1n) is 13.1. The van der Waals surface area contributed by atoms with Gasteiger partial charge in [-0.25, -0.2) is 0 Å². The maximum atomic E-state index is 13.7. The molecule has 0 aliphatic carbocycles. The van der Waals surface area contributed by atoms with E-state index in [2.05, 4.69) is 4.90 Å². The lowest BCUT2D eigenvalue weighted by atomic mass is 10.1. The first-order chi connectivity index (χ1) is 18.5. The van der Waals surface area contributed by atoms with Crippen LogP contribution in [0.5, 0.6) is 5.75 Å². The zero-order chi connectivity index (χ0) is 26.7. The number of furan rings is 1. The first-order valence-corrected chi connectivity index (χ1v) is 13.1. The van der Waals surface area contributed by atoms with E-state index in [9.17, 15) is 9.59 Å². The van der Waals surface area contributed by atoms with Crippen LogP contribution in [0.4, 0.5) is 0 Å². The maximum Gasteiger partial charge on any atom is 0.254 e. The van der Waals surface area contributed by atoms with Crippen LogP contribution in [0, 0.1) is 6.92 Å². The number of ether oxygens (including phenoxy) is 2. The van der Waals surface area contributed by atoms with Crippen molar-refractivity contribution in [3.63, 3.8) is 0 Å². The van der Waals surface area contributed by atoms with Crippen molar-refractivity contribution in [2.24, 2.45) is 0 Å². The average Bonchev–Trinajstić information content (AvgIpc) is 3.37. The zero-order valence-electron chi connectivity index (χ0n) is 22.3. The van der Waals surface area contributed by atoms with E-state index in [1.807, 2.05) is 49.4 Å². The maximum absolute atomic E-state index is 13.7. The van der Waals surface area contributed by atoms with E-state index in [1.165, 1.54) is 0 Å². The Morgan fingerprint density at radius 2 is 1.74 bits per heavy atom. The topological polar surface area (TPSA) is 75.5 Å². The summed E-state index contributed by atoms with van der Waals surface area (Å²) in [6.45, 7) is 7.16. The fourth-order valence-electron chi connectivity index (χ4n) is 4.56. The van der Waals surface area contributed by atoms with Crippen molar-refractivity contribution in [2.45, 2.75) is 26.4 Å². The molecule has 1 aromatic heterocycles. The third kappa shape index (κ3) is 7.94.